The van der Waals surface area contributed by atoms with Crippen LogP contribution in [0.4, 0.5) is 23.4 Å². The molecule has 0 fully saturated rings. The van der Waals surface area contributed by atoms with Crippen molar-refractivity contribution in [3.8, 4) is 11.6 Å². The van der Waals surface area contributed by atoms with Crippen molar-refractivity contribution < 1.29 is 22.3 Å². The first-order valence-corrected chi connectivity index (χ1v) is 5.44. The Labute approximate surface area is 111 Å². The van der Waals surface area contributed by atoms with Gasteiger partial charge in [-0.2, -0.15) is 18.2 Å². The molecule has 1 aromatic heterocycles. The molecule has 0 unspecified atom stereocenters. The Morgan fingerprint density at radius 1 is 1.20 bits per heavy atom. The second-order valence-electron chi connectivity index (χ2n) is 3.73. The minimum atomic E-state index is -4.79. The molecule has 0 bridgehead atoms. The molecule has 1 N–H and O–H groups in total. The van der Waals surface area contributed by atoms with E-state index in [-0.39, 0.29) is 11.6 Å². The van der Waals surface area contributed by atoms with Crippen molar-refractivity contribution in [2.75, 3.05) is 12.4 Å². The molecule has 0 aliphatic heterocycles. The monoisotopic (exact) mass is 287 g/mol. The summed E-state index contributed by atoms with van der Waals surface area (Å²) in [6, 6.07) is 2.34. The summed E-state index contributed by atoms with van der Waals surface area (Å²) in [6.07, 6.45) is -2.14. The van der Waals surface area contributed by atoms with Crippen LogP contribution >= 0.6 is 0 Å². The SMILES string of the molecule is CNc1cncc(Oc2ccc(F)c(C(F)(F)F)c2)n1. The molecule has 0 saturated carbocycles. The normalized spacial score (nSPS) is 11.2. The van der Waals surface area contributed by atoms with Crippen LogP contribution in [0, 0.1) is 5.82 Å². The second-order valence-corrected chi connectivity index (χ2v) is 3.73. The summed E-state index contributed by atoms with van der Waals surface area (Å²) in [7, 11) is 1.60. The fourth-order valence-electron chi connectivity index (χ4n) is 1.42. The van der Waals surface area contributed by atoms with E-state index >= 15 is 0 Å². The minimum Gasteiger partial charge on any atom is -0.437 e. The lowest BCUT2D eigenvalue weighted by molar-refractivity contribution is -0.140. The molecule has 4 nitrogen and oxygen atoms in total. The minimum absolute atomic E-state index is 0.00316. The fraction of sp³-hybridized carbons (Fsp3) is 0.167. The number of hydrogen-bond donors (Lipinski definition) is 1. The van der Waals surface area contributed by atoms with Gasteiger partial charge in [0.25, 0.3) is 0 Å². The Morgan fingerprint density at radius 3 is 2.60 bits per heavy atom. The summed E-state index contributed by atoms with van der Waals surface area (Å²) in [5, 5.41) is 2.70. The largest absolute Gasteiger partial charge is 0.437 e. The summed E-state index contributed by atoms with van der Waals surface area (Å²) in [5.74, 6) is -1.15. The first-order chi connectivity index (χ1) is 9.40. The quantitative estimate of drug-likeness (QED) is 0.878. The predicted octanol–water partition coefficient (Wildman–Crippen LogP) is 3.47. The van der Waals surface area contributed by atoms with Crippen molar-refractivity contribution in [1.29, 1.82) is 0 Å². The molecule has 0 amide bonds. The van der Waals surface area contributed by atoms with E-state index in [9.17, 15) is 17.6 Å². The van der Waals surface area contributed by atoms with Crippen molar-refractivity contribution in [1.82, 2.24) is 9.97 Å². The lowest BCUT2D eigenvalue weighted by atomic mass is 10.2. The summed E-state index contributed by atoms with van der Waals surface area (Å²) >= 11 is 0. The van der Waals surface area contributed by atoms with E-state index in [0.29, 0.717) is 18.0 Å². The van der Waals surface area contributed by atoms with Gasteiger partial charge in [-0.05, 0) is 18.2 Å². The zero-order valence-electron chi connectivity index (χ0n) is 10.2. The molecule has 0 radical (unpaired) electrons. The highest BCUT2D eigenvalue weighted by molar-refractivity contribution is 5.36. The standard InChI is InChI=1S/C12H9F4N3O/c1-17-10-5-18-6-11(19-10)20-7-2-3-9(13)8(4-7)12(14,15)16/h2-6H,1H3,(H,17,19). The van der Waals surface area contributed by atoms with Gasteiger partial charge in [0.15, 0.2) is 0 Å². The van der Waals surface area contributed by atoms with Crippen LogP contribution in [0.25, 0.3) is 0 Å². The maximum Gasteiger partial charge on any atom is 0.419 e. The first kappa shape index (κ1) is 14.0. The van der Waals surface area contributed by atoms with Crippen molar-refractivity contribution in [3.05, 3.63) is 42.0 Å². The number of rotatable bonds is 3. The number of anilines is 1. The van der Waals surface area contributed by atoms with Crippen molar-refractivity contribution in [2.24, 2.45) is 0 Å². The number of ether oxygens (including phenoxy) is 1. The van der Waals surface area contributed by atoms with Gasteiger partial charge in [0, 0.05) is 7.05 Å². The van der Waals surface area contributed by atoms with Crippen LogP contribution in [0.5, 0.6) is 11.6 Å². The number of aromatic nitrogens is 2. The van der Waals surface area contributed by atoms with Gasteiger partial charge >= 0.3 is 6.18 Å². The molecule has 8 heteroatoms. The fourth-order valence-corrected chi connectivity index (χ4v) is 1.42. The third kappa shape index (κ3) is 3.14. The highest BCUT2D eigenvalue weighted by Gasteiger charge is 2.34. The van der Waals surface area contributed by atoms with E-state index in [4.69, 9.17) is 4.74 Å². The van der Waals surface area contributed by atoms with E-state index in [2.05, 4.69) is 15.3 Å². The molecule has 2 rings (SSSR count). The predicted molar refractivity (Wildman–Crippen MR) is 63.1 cm³/mol. The Bertz CT molecular complexity index is 616. The average Bonchev–Trinajstić information content (AvgIpc) is 2.40. The molecule has 0 atom stereocenters. The van der Waals surface area contributed by atoms with Gasteiger partial charge in [-0.15, -0.1) is 0 Å². The molecule has 0 spiro atoms. The molecule has 0 saturated heterocycles. The van der Waals surface area contributed by atoms with Gasteiger partial charge < -0.3 is 10.1 Å². The highest BCUT2D eigenvalue weighted by atomic mass is 19.4. The lowest BCUT2D eigenvalue weighted by Gasteiger charge is -2.10. The number of alkyl halides is 3. The maximum absolute atomic E-state index is 13.1. The van der Waals surface area contributed by atoms with Gasteiger partial charge in [-0.3, -0.25) is 4.98 Å². The van der Waals surface area contributed by atoms with Crippen LogP contribution < -0.4 is 10.1 Å². The Hall–Kier alpha value is -2.38. The summed E-state index contributed by atoms with van der Waals surface area (Å²) < 4.78 is 55.9. The maximum atomic E-state index is 13.1. The number of hydrogen-bond acceptors (Lipinski definition) is 4. The van der Waals surface area contributed by atoms with Gasteiger partial charge in [-0.25, -0.2) is 4.39 Å². The van der Waals surface area contributed by atoms with Gasteiger partial charge in [0.2, 0.25) is 5.88 Å². The second kappa shape index (κ2) is 5.32. The zero-order chi connectivity index (χ0) is 14.8. The van der Waals surface area contributed by atoms with E-state index < -0.39 is 17.6 Å². The van der Waals surface area contributed by atoms with Crippen LogP contribution in [0.15, 0.2) is 30.6 Å². The van der Waals surface area contributed by atoms with Crippen LogP contribution in [0.2, 0.25) is 0 Å². The Morgan fingerprint density at radius 2 is 1.95 bits per heavy atom. The molecule has 20 heavy (non-hydrogen) atoms. The van der Waals surface area contributed by atoms with E-state index in [1.165, 1.54) is 12.4 Å². The van der Waals surface area contributed by atoms with Crippen LogP contribution in [0.1, 0.15) is 5.56 Å². The van der Waals surface area contributed by atoms with Gasteiger partial charge in [0.1, 0.15) is 17.4 Å². The topological polar surface area (TPSA) is 47.0 Å². The van der Waals surface area contributed by atoms with Crippen molar-refractivity contribution in [3.63, 3.8) is 0 Å². The Balaban J connectivity index is 2.30. The molecular formula is C12H9F4N3O. The van der Waals surface area contributed by atoms with Crippen LogP contribution in [-0.2, 0) is 6.18 Å². The molecule has 1 heterocycles. The van der Waals surface area contributed by atoms with E-state index in [0.717, 1.165) is 6.07 Å². The highest BCUT2D eigenvalue weighted by Crippen LogP contribution is 2.34. The average molecular weight is 287 g/mol. The summed E-state index contributed by atoms with van der Waals surface area (Å²) in [5.41, 5.74) is -1.40. The molecule has 0 aliphatic carbocycles. The molecule has 1 aromatic carbocycles. The lowest BCUT2D eigenvalue weighted by Crippen LogP contribution is -2.08. The van der Waals surface area contributed by atoms with E-state index in [1.807, 2.05) is 0 Å². The number of halogens is 4. The van der Waals surface area contributed by atoms with Crippen LogP contribution in [-0.4, -0.2) is 17.0 Å². The van der Waals surface area contributed by atoms with Gasteiger partial charge in [-0.1, -0.05) is 0 Å². The Kier molecular flexibility index (Phi) is 3.73. The van der Waals surface area contributed by atoms with Crippen LogP contribution in [0.3, 0.4) is 0 Å². The van der Waals surface area contributed by atoms with Gasteiger partial charge in [0.05, 0.1) is 18.0 Å². The third-order valence-corrected chi connectivity index (χ3v) is 2.33. The molecule has 0 aliphatic rings. The zero-order valence-corrected chi connectivity index (χ0v) is 10.2. The summed E-state index contributed by atoms with van der Waals surface area (Å²) in [4.78, 5) is 7.72. The molecular weight excluding hydrogens is 278 g/mol. The van der Waals surface area contributed by atoms with Crippen molar-refractivity contribution >= 4 is 5.82 Å². The third-order valence-electron chi connectivity index (χ3n) is 2.33. The molecule has 2 aromatic rings. The van der Waals surface area contributed by atoms with Crippen molar-refractivity contribution in [2.45, 2.75) is 6.18 Å². The molecule has 106 valence electrons. The first-order valence-electron chi connectivity index (χ1n) is 5.44. The smallest absolute Gasteiger partial charge is 0.419 e. The van der Waals surface area contributed by atoms with E-state index in [1.54, 1.807) is 7.05 Å². The number of nitrogens with zero attached hydrogens (tertiary/aromatic N) is 2. The number of nitrogens with one attached hydrogen (secondary N) is 1. The summed E-state index contributed by atoms with van der Waals surface area (Å²) in [6.45, 7) is 0. The number of benzene rings is 1.